The van der Waals surface area contributed by atoms with Gasteiger partial charge >= 0.3 is 6.36 Å². The molecular formula is C29H21F3N4O. The van der Waals surface area contributed by atoms with Gasteiger partial charge in [0.1, 0.15) is 11.6 Å². The zero-order chi connectivity index (χ0) is 25.7. The van der Waals surface area contributed by atoms with Crippen molar-refractivity contribution in [2.75, 3.05) is 5.32 Å². The van der Waals surface area contributed by atoms with E-state index in [9.17, 15) is 13.2 Å². The number of ether oxygens (including phenoxy) is 1. The molecule has 37 heavy (non-hydrogen) atoms. The molecule has 0 unspecified atom stereocenters. The maximum absolute atomic E-state index is 12.5. The maximum atomic E-state index is 12.5. The van der Waals surface area contributed by atoms with Crippen molar-refractivity contribution in [2.24, 2.45) is 0 Å². The highest BCUT2D eigenvalue weighted by Gasteiger charge is 2.31. The van der Waals surface area contributed by atoms with Crippen LogP contribution in [0.5, 0.6) is 5.75 Å². The average molecular weight is 499 g/mol. The van der Waals surface area contributed by atoms with Crippen LogP contribution in [0.25, 0.3) is 33.8 Å². The van der Waals surface area contributed by atoms with E-state index in [1.54, 1.807) is 24.5 Å². The Kier molecular flexibility index (Phi) is 6.81. The van der Waals surface area contributed by atoms with Crippen molar-refractivity contribution < 1.29 is 17.9 Å². The third-order valence-corrected chi connectivity index (χ3v) is 5.53. The lowest BCUT2D eigenvalue weighted by atomic mass is 10.0. The van der Waals surface area contributed by atoms with E-state index in [4.69, 9.17) is 9.97 Å². The number of rotatable bonds is 7. The first-order valence-corrected chi connectivity index (χ1v) is 11.5. The van der Waals surface area contributed by atoms with E-state index >= 15 is 0 Å². The molecule has 3 aromatic carbocycles. The standard InChI is InChI=1S/C29H21F3N4O/c30-29(31,32)37-25-13-11-21(12-14-25)23-15-24(19-33-18-23)26-16-27(34-17-20-7-3-1-4-8-20)36-28(35-26)22-9-5-2-6-10-22/h1-16,18-19H,17H2,(H,34,35,36). The summed E-state index contributed by atoms with van der Waals surface area (Å²) in [6, 6.07) is 29.1. The molecule has 2 aromatic heterocycles. The summed E-state index contributed by atoms with van der Waals surface area (Å²) in [4.78, 5) is 13.9. The molecule has 0 spiro atoms. The summed E-state index contributed by atoms with van der Waals surface area (Å²) < 4.78 is 41.5. The topological polar surface area (TPSA) is 59.9 Å². The monoisotopic (exact) mass is 498 g/mol. The third-order valence-electron chi connectivity index (χ3n) is 5.53. The Balaban J connectivity index is 1.47. The van der Waals surface area contributed by atoms with Gasteiger partial charge in [-0.15, -0.1) is 13.2 Å². The Hall–Kier alpha value is -4.72. The zero-order valence-electron chi connectivity index (χ0n) is 19.5. The Labute approximate surface area is 211 Å². The second kappa shape index (κ2) is 10.5. The Bertz CT molecular complexity index is 1480. The molecule has 0 aliphatic carbocycles. The van der Waals surface area contributed by atoms with Crippen molar-refractivity contribution >= 4 is 5.82 Å². The quantitative estimate of drug-likeness (QED) is 0.254. The molecule has 0 aliphatic heterocycles. The first-order valence-electron chi connectivity index (χ1n) is 11.5. The molecule has 0 saturated carbocycles. The van der Waals surface area contributed by atoms with Crippen LogP contribution >= 0.6 is 0 Å². The minimum absolute atomic E-state index is 0.280. The lowest BCUT2D eigenvalue weighted by Crippen LogP contribution is -2.16. The second-order valence-corrected chi connectivity index (χ2v) is 8.20. The molecule has 0 saturated heterocycles. The van der Waals surface area contributed by atoms with Gasteiger partial charge in [-0.25, -0.2) is 9.97 Å². The predicted octanol–water partition coefficient (Wildman–Crippen LogP) is 7.38. The largest absolute Gasteiger partial charge is 0.573 e. The molecule has 5 rings (SSSR count). The molecule has 0 bridgehead atoms. The van der Waals surface area contributed by atoms with Gasteiger partial charge in [0, 0.05) is 41.7 Å². The van der Waals surface area contributed by atoms with E-state index in [0.717, 1.165) is 22.3 Å². The van der Waals surface area contributed by atoms with Gasteiger partial charge in [0.25, 0.3) is 0 Å². The van der Waals surface area contributed by atoms with E-state index < -0.39 is 6.36 Å². The summed E-state index contributed by atoms with van der Waals surface area (Å²) >= 11 is 0. The molecule has 2 heterocycles. The Morgan fingerprint density at radius 1 is 0.676 bits per heavy atom. The van der Waals surface area contributed by atoms with Crippen molar-refractivity contribution in [2.45, 2.75) is 12.9 Å². The van der Waals surface area contributed by atoms with Crippen LogP contribution in [0.15, 0.2) is 109 Å². The minimum atomic E-state index is -4.74. The van der Waals surface area contributed by atoms with Crippen molar-refractivity contribution in [1.29, 1.82) is 0 Å². The first-order chi connectivity index (χ1) is 17.9. The number of anilines is 1. The van der Waals surface area contributed by atoms with Crippen molar-refractivity contribution in [1.82, 2.24) is 15.0 Å². The van der Waals surface area contributed by atoms with E-state index in [-0.39, 0.29) is 5.75 Å². The zero-order valence-corrected chi connectivity index (χ0v) is 19.5. The molecule has 0 aliphatic rings. The Morgan fingerprint density at radius 2 is 1.35 bits per heavy atom. The van der Waals surface area contributed by atoms with Crippen LogP contribution in [0.4, 0.5) is 19.0 Å². The number of hydrogen-bond donors (Lipinski definition) is 1. The van der Waals surface area contributed by atoms with E-state index in [1.807, 2.05) is 72.8 Å². The smallest absolute Gasteiger partial charge is 0.406 e. The summed E-state index contributed by atoms with van der Waals surface area (Å²) in [5, 5.41) is 3.38. The predicted molar refractivity (Wildman–Crippen MR) is 137 cm³/mol. The molecular weight excluding hydrogens is 477 g/mol. The molecule has 5 aromatic rings. The van der Waals surface area contributed by atoms with Crippen molar-refractivity contribution in [3.05, 3.63) is 115 Å². The summed E-state index contributed by atoms with van der Waals surface area (Å²) in [6.07, 6.45) is -1.39. The van der Waals surface area contributed by atoms with Gasteiger partial charge in [0.15, 0.2) is 5.82 Å². The summed E-state index contributed by atoms with van der Waals surface area (Å²) in [6.45, 7) is 0.593. The second-order valence-electron chi connectivity index (χ2n) is 8.20. The summed E-state index contributed by atoms with van der Waals surface area (Å²) in [7, 11) is 0. The van der Waals surface area contributed by atoms with Gasteiger partial charge in [-0.1, -0.05) is 72.8 Å². The number of pyridine rings is 1. The highest BCUT2D eigenvalue weighted by atomic mass is 19.4. The van der Waals surface area contributed by atoms with Crippen LogP contribution in [0.2, 0.25) is 0 Å². The number of nitrogens with zero attached hydrogens (tertiary/aromatic N) is 3. The highest BCUT2D eigenvalue weighted by molar-refractivity contribution is 5.73. The molecule has 0 radical (unpaired) electrons. The minimum Gasteiger partial charge on any atom is -0.406 e. The van der Waals surface area contributed by atoms with Crippen molar-refractivity contribution in [3.63, 3.8) is 0 Å². The number of halogens is 3. The molecule has 0 amide bonds. The van der Waals surface area contributed by atoms with Crippen LogP contribution in [-0.2, 0) is 6.54 Å². The van der Waals surface area contributed by atoms with Gasteiger partial charge in [0.2, 0.25) is 0 Å². The number of hydrogen-bond acceptors (Lipinski definition) is 5. The normalized spacial score (nSPS) is 11.2. The van der Waals surface area contributed by atoms with Gasteiger partial charge < -0.3 is 10.1 Å². The maximum Gasteiger partial charge on any atom is 0.573 e. The van der Waals surface area contributed by atoms with Crippen LogP contribution < -0.4 is 10.1 Å². The average Bonchev–Trinajstić information content (AvgIpc) is 2.92. The molecule has 0 atom stereocenters. The van der Waals surface area contributed by atoms with Crippen LogP contribution in [0, 0.1) is 0 Å². The van der Waals surface area contributed by atoms with E-state index in [2.05, 4.69) is 15.0 Å². The summed E-state index contributed by atoms with van der Waals surface area (Å²) in [5.74, 6) is 0.942. The fourth-order valence-corrected chi connectivity index (χ4v) is 3.78. The van der Waals surface area contributed by atoms with E-state index in [1.165, 1.54) is 12.1 Å². The van der Waals surface area contributed by atoms with Crippen LogP contribution in [-0.4, -0.2) is 21.3 Å². The van der Waals surface area contributed by atoms with Crippen molar-refractivity contribution in [3.8, 4) is 39.5 Å². The lowest BCUT2D eigenvalue weighted by molar-refractivity contribution is -0.274. The Morgan fingerprint density at radius 3 is 2.05 bits per heavy atom. The number of alkyl halides is 3. The van der Waals surface area contributed by atoms with Gasteiger partial charge in [-0.05, 0) is 29.3 Å². The number of nitrogens with one attached hydrogen (secondary N) is 1. The lowest BCUT2D eigenvalue weighted by Gasteiger charge is -2.12. The summed E-state index contributed by atoms with van der Waals surface area (Å²) in [5.41, 5.74) is 4.83. The van der Waals surface area contributed by atoms with Gasteiger partial charge in [-0.2, -0.15) is 0 Å². The number of benzene rings is 3. The van der Waals surface area contributed by atoms with Gasteiger partial charge in [-0.3, -0.25) is 4.98 Å². The van der Waals surface area contributed by atoms with Gasteiger partial charge in [0.05, 0.1) is 5.69 Å². The van der Waals surface area contributed by atoms with E-state index in [0.29, 0.717) is 29.4 Å². The molecule has 8 heteroatoms. The highest BCUT2D eigenvalue weighted by Crippen LogP contribution is 2.30. The molecule has 184 valence electrons. The fourth-order valence-electron chi connectivity index (χ4n) is 3.78. The number of aromatic nitrogens is 3. The SMILES string of the molecule is FC(F)(F)Oc1ccc(-c2cncc(-c3cc(NCc4ccccc4)nc(-c4ccccc4)n3)c2)cc1. The molecule has 1 N–H and O–H groups in total. The first kappa shape index (κ1) is 24.0. The van der Waals surface area contributed by atoms with Crippen LogP contribution in [0.1, 0.15) is 5.56 Å². The third kappa shape index (κ3) is 6.29. The molecule has 0 fully saturated rings. The fraction of sp³-hybridized carbons (Fsp3) is 0.0690. The molecule has 5 nitrogen and oxygen atoms in total. The van der Waals surface area contributed by atoms with Crippen LogP contribution in [0.3, 0.4) is 0 Å².